The van der Waals surface area contributed by atoms with Gasteiger partial charge in [0.1, 0.15) is 11.3 Å². The van der Waals surface area contributed by atoms with Crippen molar-refractivity contribution in [2.75, 3.05) is 0 Å². The van der Waals surface area contributed by atoms with Crippen LogP contribution in [0.2, 0.25) is 0 Å². The fraction of sp³-hybridized carbons (Fsp3) is 0.263. The molecule has 0 radical (unpaired) electrons. The Kier molecular flexibility index (Phi) is 3.60. The number of aliphatic hydroxyl groups excluding tert-OH is 1. The van der Waals surface area contributed by atoms with E-state index in [4.69, 9.17) is 0 Å². The Bertz CT molecular complexity index is 1240. The van der Waals surface area contributed by atoms with Crippen molar-refractivity contribution in [2.45, 2.75) is 36.2 Å². The van der Waals surface area contributed by atoms with Crippen LogP contribution in [0.25, 0.3) is 22.1 Å². The van der Waals surface area contributed by atoms with Crippen molar-refractivity contribution in [3.05, 3.63) is 54.6 Å². The number of aliphatic hydroxyl groups is 1. The number of rotatable bonds is 3. The maximum atomic E-state index is 13.0. The molecule has 0 spiro atoms. The third-order valence-corrected chi connectivity index (χ3v) is 6.93. The topological polar surface area (TPSA) is 101 Å². The van der Waals surface area contributed by atoms with E-state index >= 15 is 0 Å². The molecular weight excluding hydrogens is 364 g/mol. The van der Waals surface area contributed by atoms with Gasteiger partial charge < -0.3 is 10.1 Å². The molecule has 1 aliphatic carbocycles. The number of aromatic nitrogens is 4. The molecule has 2 N–H and O–H groups in total. The van der Waals surface area contributed by atoms with E-state index in [1.165, 1.54) is 10.2 Å². The molecule has 1 saturated carbocycles. The number of hydrogen-bond acceptors (Lipinski definition) is 5. The van der Waals surface area contributed by atoms with Crippen LogP contribution in [-0.2, 0) is 10.0 Å². The maximum absolute atomic E-state index is 13.0. The first kappa shape index (κ1) is 16.5. The van der Waals surface area contributed by atoms with Gasteiger partial charge in [0, 0.05) is 17.5 Å². The molecule has 3 aromatic heterocycles. The zero-order valence-electron chi connectivity index (χ0n) is 14.4. The first-order valence-corrected chi connectivity index (χ1v) is 10.3. The van der Waals surface area contributed by atoms with Crippen LogP contribution in [0.1, 0.15) is 31.0 Å². The van der Waals surface area contributed by atoms with Gasteiger partial charge in [-0.15, -0.1) is 0 Å². The van der Waals surface area contributed by atoms with Gasteiger partial charge in [-0.2, -0.15) is 0 Å². The fourth-order valence-corrected chi connectivity index (χ4v) is 5.18. The van der Waals surface area contributed by atoms with Gasteiger partial charge >= 0.3 is 0 Å². The molecular formula is C19H18N4O3S. The number of pyridine rings is 1. The van der Waals surface area contributed by atoms with Crippen molar-refractivity contribution in [1.82, 2.24) is 18.9 Å². The number of hydrogen-bond donors (Lipinski definition) is 2. The van der Waals surface area contributed by atoms with Crippen molar-refractivity contribution in [3.63, 3.8) is 0 Å². The molecule has 1 fully saturated rings. The molecule has 8 heteroatoms. The second kappa shape index (κ2) is 5.90. The highest BCUT2D eigenvalue weighted by molar-refractivity contribution is 7.90. The molecule has 0 aliphatic heterocycles. The van der Waals surface area contributed by atoms with E-state index in [0.717, 1.165) is 24.2 Å². The number of fused-ring (bicyclic) bond motifs is 3. The molecule has 4 aromatic rings. The summed E-state index contributed by atoms with van der Waals surface area (Å²) in [7, 11) is -3.72. The molecule has 1 aromatic carbocycles. The monoisotopic (exact) mass is 382 g/mol. The summed E-state index contributed by atoms with van der Waals surface area (Å²) in [6.45, 7) is 0. The summed E-state index contributed by atoms with van der Waals surface area (Å²) in [5, 5.41) is 10.5. The lowest BCUT2D eigenvalue weighted by Gasteiger charge is -2.06. The summed E-state index contributed by atoms with van der Waals surface area (Å²) in [6, 6.07) is 10.1. The van der Waals surface area contributed by atoms with Crippen molar-refractivity contribution in [3.8, 4) is 0 Å². The zero-order chi connectivity index (χ0) is 18.6. The lowest BCUT2D eigenvalue weighted by Crippen LogP contribution is -2.12. The van der Waals surface area contributed by atoms with Gasteiger partial charge in [-0.1, -0.05) is 18.2 Å². The van der Waals surface area contributed by atoms with Gasteiger partial charge in [-0.05, 0) is 37.5 Å². The molecule has 27 heavy (non-hydrogen) atoms. The van der Waals surface area contributed by atoms with Crippen molar-refractivity contribution in [1.29, 1.82) is 0 Å². The van der Waals surface area contributed by atoms with E-state index in [9.17, 15) is 13.5 Å². The molecule has 0 saturated heterocycles. The Morgan fingerprint density at radius 3 is 2.70 bits per heavy atom. The summed E-state index contributed by atoms with van der Waals surface area (Å²) in [5.41, 5.74) is 1.85. The van der Waals surface area contributed by atoms with Crippen LogP contribution in [0, 0.1) is 0 Å². The van der Waals surface area contributed by atoms with E-state index in [1.807, 2.05) is 0 Å². The smallest absolute Gasteiger partial charge is 0.269 e. The van der Waals surface area contributed by atoms with E-state index in [1.54, 1.807) is 42.6 Å². The quantitative estimate of drug-likeness (QED) is 0.567. The van der Waals surface area contributed by atoms with Gasteiger partial charge in [0.05, 0.1) is 22.7 Å². The molecule has 5 rings (SSSR count). The first-order chi connectivity index (χ1) is 13.0. The van der Waals surface area contributed by atoms with E-state index < -0.39 is 10.0 Å². The highest BCUT2D eigenvalue weighted by Crippen LogP contribution is 2.35. The lowest BCUT2D eigenvalue weighted by molar-refractivity contribution is 0.181. The Morgan fingerprint density at radius 1 is 1.15 bits per heavy atom. The summed E-state index contributed by atoms with van der Waals surface area (Å²) in [5.74, 6) is 1.02. The Morgan fingerprint density at radius 2 is 1.96 bits per heavy atom. The predicted molar refractivity (Wildman–Crippen MR) is 101 cm³/mol. The number of imidazole rings is 1. The second-order valence-electron chi connectivity index (χ2n) is 6.97. The highest BCUT2D eigenvalue weighted by Gasteiger charge is 2.27. The van der Waals surface area contributed by atoms with Crippen molar-refractivity contribution in [2.24, 2.45) is 0 Å². The lowest BCUT2D eigenvalue weighted by atomic mass is 10.1. The van der Waals surface area contributed by atoms with Crippen molar-refractivity contribution < 1.29 is 13.5 Å². The number of nitrogens with one attached hydrogen (secondary N) is 1. The Labute approximate surface area is 155 Å². The van der Waals surface area contributed by atoms with Gasteiger partial charge in [0.15, 0.2) is 5.65 Å². The van der Waals surface area contributed by atoms with Crippen LogP contribution >= 0.6 is 0 Å². The normalized spacial score (nSPS) is 20.6. The van der Waals surface area contributed by atoms with Crippen LogP contribution in [0.15, 0.2) is 53.7 Å². The van der Waals surface area contributed by atoms with Crippen LogP contribution in [0.5, 0.6) is 0 Å². The third-order valence-electron chi connectivity index (χ3n) is 5.25. The minimum absolute atomic E-state index is 0.192. The maximum Gasteiger partial charge on any atom is 0.269 e. The first-order valence-electron chi connectivity index (χ1n) is 8.88. The zero-order valence-corrected chi connectivity index (χ0v) is 15.2. The van der Waals surface area contributed by atoms with Crippen LogP contribution in [0.4, 0.5) is 0 Å². The number of benzene rings is 1. The van der Waals surface area contributed by atoms with Gasteiger partial charge in [0.25, 0.3) is 10.0 Å². The number of H-pyrrole nitrogens is 1. The molecule has 1 aliphatic rings. The molecule has 0 amide bonds. The summed E-state index contributed by atoms with van der Waals surface area (Å²) >= 11 is 0. The second-order valence-corrected chi connectivity index (χ2v) is 8.79. The van der Waals surface area contributed by atoms with Gasteiger partial charge in [-0.25, -0.2) is 22.4 Å². The minimum Gasteiger partial charge on any atom is -0.393 e. The standard InChI is InChI=1S/C19H18N4O3S/c24-13-7-6-12(10-13)18-21-16-11-20-19-15(17(16)22-18)8-9-23(19)27(25,26)14-4-2-1-3-5-14/h1-5,8-9,11-13,24H,6-7,10H2,(H,21,22). The summed E-state index contributed by atoms with van der Waals surface area (Å²) in [6.07, 6.45) is 5.21. The van der Waals surface area contributed by atoms with E-state index in [-0.39, 0.29) is 16.9 Å². The average Bonchev–Trinajstić information content (AvgIpc) is 3.38. The van der Waals surface area contributed by atoms with Crippen molar-refractivity contribution >= 4 is 32.1 Å². The van der Waals surface area contributed by atoms with E-state index in [0.29, 0.717) is 23.0 Å². The highest BCUT2D eigenvalue weighted by atomic mass is 32.2. The number of nitrogens with zero attached hydrogens (tertiary/aromatic N) is 3. The summed E-state index contributed by atoms with van der Waals surface area (Å²) in [4.78, 5) is 12.5. The predicted octanol–water partition coefficient (Wildman–Crippen LogP) is 2.78. The molecule has 7 nitrogen and oxygen atoms in total. The average molecular weight is 382 g/mol. The fourth-order valence-electron chi connectivity index (χ4n) is 3.85. The Balaban J connectivity index is 1.65. The van der Waals surface area contributed by atoms with Crippen LogP contribution in [-0.4, -0.2) is 38.6 Å². The molecule has 0 bridgehead atoms. The summed E-state index contributed by atoms with van der Waals surface area (Å²) < 4.78 is 27.1. The van der Waals surface area contributed by atoms with Crippen LogP contribution in [0.3, 0.4) is 0 Å². The SMILES string of the molecule is O=S(=O)(c1ccccc1)n1ccc2c3[nH]c(C4CCC(O)C4)nc3cnc21. The van der Waals surface area contributed by atoms with E-state index in [2.05, 4.69) is 15.0 Å². The molecule has 138 valence electrons. The molecule has 2 atom stereocenters. The van der Waals surface area contributed by atoms with Gasteiger partial charge in [-0.3, -0.25) is 0 Å². The largest absolute Gasteiger partial charge is 0.393 e. The minimum atomic E-state index is -3.72. The molecule has 2 unspecified atom stereocenters. The number of aromatic amines is 1. The molecule has 3 heterocycles. The van der Waals surface area contributed by atoms with Crippen LogP contribution < -0.4 is 0 Å². The van der Waals surface area contributed by atoms with Gasteiger partial charge in [0.2, 0.25) is 0 Å². The Hall–Kier alpha value is -2.71. The third kappa shape index (κ3) is 2.55.